The van der Waals surface area contributed by atoms with Crippen LogP contribution in [-0.4, -0.2) is 34.4 Å². The quantitative estimate of drug-likeness (QED) is 0.301. The first kappa shape index (κ1) is 18.9. The lowest BCUT2D eigenvalue weighted by Crippen LogP contribution is -2.11. The van der Waals surface area contributed by atoms with E-state index in [2.05, 4.69) is 6.92 Å². The van der Waals surface area contributed by atoms with Gasteiger partial charge in [-0.3, -0.25) is 0 Å². The maximum atomic E-state index is 11.9. The molecule has 0 heterocycles. The molecule has 0 amide bonds. The Balaban J connectivity index is 3.35. The molecule has 128 valence electrons. The number of benzene rings is 1. The van der Waals surface area contributed by atoms with Crippen LogP contribution < -0.4 is 4.74 Å². The number of aryl methyl sites for hydroxylation is 1. The fraction of sp³-hybridized carbons (Fsp3) is 0.500. The van der Waals surface area contributed by atoms with Crippen LogP contribution in [0.1, 0.15) is 37.3 Å². The van der Waals surface area contributed by atoms with Gasteiger partial charge in [0.1, 0.15) is 5.75 Å². The Kier molecular flexibility index (Phi) is 8.02. The predicted octanol–water partition coefficient (Wildman–Crippen LogP) is 3.56. The summed E-state index contributed by atoms with van der Waals surface area (Å²) in [5.41, 5.74) is 1.75. The van der Waals surface area contributed by atoms with Crippen molar-refractivity contribution in [3.8, 4) is 5.75 Å². The average molecular weight is 322 g/mol. The normalized spacial score (nSPS) is 11.5. The van der Waals surface area contributed by atoms with Crippen molar-refractivity contribution in [1.29, 1.82) is 0 Å². The van der Waals surface area contributed by atoms with Crippen molar-refractivity contribution in [3.05, 3.63) is 35.1 Å². The van der Waals surface area contributed by atoms with E-state index in [9.17, 15) is 4.79 Å². The van der Waals surface area contributed by atoms with Gasteiger partial charge >= 0.3 is 5.97 Å². The number of ether oxygens (including phenoxy) is 4. The molecule has 0 spiro atoms. The molecule has 0 atom stereocenters. The summed E-state index contributed by atoms with van der Waals surface area (Å²) >= 11 is 0. The van der Waals surface area contributed by atoms with Crippen LogP contribution in [0.3, 0.4) is 0 Å². The monoisotopic (exact) mass is 322 g/mol. The molecule has 0 unspecified atom stereocenters. The largest absolute Gasteiger partial charge is 0.496 e. The van der Waals surface area contributed by atoms with Crippen LogP contribution in [0.4, 0.5) is 0 Å². The molecular weight excluding hydrogens is 296 g/mol. The third kappa shape index (κ3) is 4.65. The van der Waals surface area contributed by atoms with Gasteiger partial charge in [-0.1, -0.05) is 31.9 Å². The van der Waals surface area contributed by atoms with E-state index in [0.29, 0.717) is 17.1 Å². The minimum atomic E-state index is -0.595. The molecule has 1 aromatic carbocycles. The van der Waals surface area contributed by atoms with Crippen molar-refractivity contribution in [2.24, 2.45) is 0 Å². The van der Waals surface area contributed by atoms with E-state index in [1.165, 1.54) is 21.3 Å². The summed E-state index contributed by atoms with van der Waals surface area (Å²) in [6, 6.07) is 5.78. The number of rotatable bonds is 9. The first-order valence-corrected chi connectivity index (χ1v) is 7.71. The third-order valence-corrected chi connectivity index (χ3v) is 3.58. The van der Waals surface area contributed by atoms with Gasteiger partial charge in [-0.25, -0.2) is 4.79 Å². The highest BCUT2D eigenvalue weighted by molar-refractivity contribution is 5.94. The van der Waals surface area contributed by atoms with E-state index < -0.39 is 5.97 Å². The maximum absolute atomic E-state index is 11.9. The van der Waals surface area contributed by atoms with E-state index >= 15 is 0 Å². The van der Waals surface area contributed by atoms with Crippen LogP contribution in [0.15, 0.2) is 24.0 Å². The van der Waals surface area contributed by atoms with E-state index in [4.69, 9.17) is 18.9 Å². The zero-order valence-electron chi connectivity index (χ0n) is 14.6. The third-order valence-electron chi connectivity index (χ3n) is 3.58. The Labute approximate surface area is 138 Å². The average Bonchev–Trinajstić information content (AvgIpc) is 2.58. The Morgan fingerprint density at radius 3 is 2.26 bits per heavy atom. The molecule has 0 fully saturated rings. The number of carbonyl (C=O) groups is 1. The summed E-state index contributed by atoms with van der Waals surface area (Å²) in [5, 5.41) is 0. The molecule has 1 rings (SSSR count). The topological polar surface area (TPSA) is 54.0 Å². The lowest BCUT2D eigenvalue weighted by Gasteiger charge is -2.17. The molecule has 0 aromatic heterocycles. The summed E-state index contributed by atoms with van der Waals surface area (Å²) in [5.74, 6) is 0.411. The smallest absolute Gasteiger partial charge is 0.377 e. The van der Waals surface area contributed by atoms with E-state index in [1.54, 1.807) is 7.11 Å². The number of hydrogen-bond donors (Lipinski definition) is 0. The molecule has 0 aliphatic rings. The standard InChI is InChI=1S/C18H26O5/c1-6-7-8-10-13-11-9-12-14(15(13)20-2)16(21-3)17(22-4)18(19)23-5/h9,11-12H,6-8,10H2,1-5H3. The van der Waals surface area contributed by atoms with Gasteiger partial charge < -0.3 is 18.9 Å². The maximum Gasteiger partial charge on any atom is 0.377 e. The Bertz CT molecular complexity index is 548. The Morgan fingerprint density at radius 2 is 1.74 bits per heavy atom. The van der Waals surface area contributed by atoms with Crippen molar-refractivity contribution < 1.29 is 23.7 Å². The first-order valence-electron chi connectivity index (χ1n) is 7.71. The van der Waals surface area contributed by atoms with Crippen molar-refractivity contribution in [1.82, 2.24) is 0 Å². The molecule has 1 aromatic rings. The van der Waals surface area contributed by atoms with Gasteiger partial charge in [-0.2, -0.15) is 0 Å². The van der Waals surface area contributed by atoms with Crippen LogP contribution in [0.25, 0.3) is 5.76 Å². The Hall–Kier alpha value is -2.17. The summed E-state index contributed by atoms with van der Waals surface area (Å²) in [6.45, 7) is 2.17. The van der Waals surface area contributed by atoms with Crippen LogP contribution in [-0.2, 0) is 25.4 Å². The highest BCUT2D eigenvalue weighted by Gasteiger charge is 2.23. The van der Waals surface area contributed by atoms with Gasteiger partial charge in [0, 0.05) is 0 Å². The number of hydrogen-bond acceptors (Lipinski definition) is 5. The van der Waals surface area contributed by atoms with Crippen LogP contribution in [0.2, 0.25) is 0 Å². The second-order valence-corrected chi connectivity index (χ2v) is 5.01. The van der Waals surface area contributed by atoms with Crippen molar-refractivity contribution in [2.45, 2.75) is 32.6 Å². The highest BCUT2D eigenvalue weighted by Crippen LogP contribution is 2.33. The minimum absolute atomic E-state index is 0.0130. The second-order valence-electron chi connectivity index (χ2n) is 5.01. The van der Waals surface area contributed by atoms with E-state index in [1.807, 2.05) is 18.2 Å². The molecule has 0 bridgehead atoms. The lowest BCUT2D eigenvalue weighted by atomic mass is 10.0. The van der Waals surface area contributed by atoms with Crippen molar-refractivity contribution >= 4 is 11.7 Å². The molecule has 0 aliphatic heterocycles. The number of unbranched alkanes of at least 4 members (excludes halogenated alkanes) is 2. The van der Waals surface area contributed by atoms with Crippen LogP contribution in [0, 0.1) is 0 Å². The number of carbonyl (C=O) groups excluding carboxylic acids is 1. The van der Waals surface area contributed by atoms with Crippen LogP contribution >= 0.6 is 0 Å². The molecule has 23 heavy (non-hydrogen) atoms. The molecular formula is C18H26O5. The van der Waals surface area contributed by atoms with Gasteiger partial charge in [0.15, 0.2) is 5.76 Å². The molecule has 0 saturated carbocycles. The number of methoxy groups -OCH3 is 4. The van der Waals surface area contributed by atoms with Gasteiger partial charge in [-0.15, -0.1) is 0 Å². The second kappa shape index (κ2) is 9.77. The van der Waals surface area contributed by atoms with Gasteiger partial charge in [0.05, 0.1) is 34.0 Å². The fourth-order valence-electron chi connectivity index (χ4n) is 2.45. The van der Waals surface area contributed by atoms with E-state index in [0.717, 1.165) is 31.2 Å². The molecule has 0 radical (unpaired) electrons. The molecule has 0 aliphatic carbocycles. The summed E-state index contributed by atoms with van der Waals surface area (Å²) in [6.07, 6.45) is 4.30. The van der Waals surface area contributed by atoms with E-state index in [-0.39, 0.29) is 5.76 Å². The zero-order valence-corrected chi connectivity index (χ0v) is 14.6. The predicted molar refractivity (Wildman–Crippen MR) is 89.2 cm³/mol. The Morgan fingerprint density at radius 1 is 1.00 bits per heavy atom. The van der Waals surface area contributed by atoms with Gasteiger partial charge in [0.2, 0.25) is 5.76 Å². The molecule has 5 heteroatoms. The van der Waals surface area contributed by atoms with Crippen molar-refractivity contribution in [3.63, 3.8) is 0 Å². The zero-order chi connectivity index (χ0) is 17.2. The number of para-hydroxylation sites is 1. The SMILES string of the molecule is CCCCCc1cccc(C(OC)=C(OC)C(=O)OC)c1OC. The first-order chi connectivity index (χ1) is 11.1. The number of esters is 1. The van der Waals surface area contributed by atoms with Gasteiger partial charge in [-0.05, 0) is 24.5 Å². The summed E-state index contributed by atoms with van der Waals surface area (Å²) < 4.78 is 20.9. The fourth-order valence-corrected chi connectivity index (χ4v) is 2.45. The molecule has 0 N–H and O–H groups in total. The van der Waals surface area contributed by atoms with Crippen LogP contribution in [0.5, 0.6) is 5.75 Å². The lowest BCUT2D eigenvalue weighted by molar-refractivity contribution is -0.139. The van der Waals surface area contributed by atoms with Gasteiger partial charge in [0.25, 0.3) is 0 Å². The van der Waals surface area contributed by atoms with Crippen molar-refractivity contribution in [2.75, 3.05) is 28.4 Å². The summed E-state index contributed by atoms with van der Waals surface area (Å²) in [7, 11) is 5.80. The molecule has 5 nitrogen and oxygen atoms in total. The highest BCUT2D eigenvalue weighted by atomic mass is 16.6. The minimum Gasteiger partial charge on any atom is -0.496 e. The summed E-state index contributed by atoms with van der Waals surface area (Å²) in [4.78, 5) is 11.9. The molecule has 0 saturated heterocycles.